The summed E-state index contributed by atoms with van der Waals surface area (Å²) in [6, 6.07) is 13.0. The molecule has 1 aliphatic heterocycles. The molecule has 3 rings (SSSR count). The first kappa shape index (κ1) is 23.1. The lowest BCUT2D eigenvalue weighted by atomic mass is 9.80. The van der Waals surface area contributed by atoms with Crippen molar-refractivity contribution in [2.75, 3.05) is 25.1 Å². The summed E-state index contributed by atoms with van der Waals surface area (Å²) in [6.45, 7) is 4.44. The number of hydrogen-bond acceptors (Lipinski definition) is 5. The number of amides is 2. The minimum atomic E-state index is -0.587. The molecule has 7 nitrogen and oxygen atoms in total. The van der Waals surface area contributed by atoms with Gasteiger partial charge in [0, 0.05) is 27.8 Å². The van der Waals surface area contributed by atoms with Crippen LogP contribution in [0.3, 0.4) is 0 Å². The minimum absolute atomic E-state index is 0.0588. The van der Waals surface area contributed by atoms with E-state index in [-0.39, 0.29) is 25.6 Å². The number of nitrogens with one attached hydrogen (secondary N) is 1. The molecule has 164 valence electrons. The van der Waals surface area contributed by atoms with Crippen LogP contribution in [-0.2, 0) is 27.3 Å². The second-order valence-corrected chi connectivity index (χ2v) is 9.12. The number of methoxy groups -OCH3 is 1. The summed E-state index contributed by atoms with van der Waals surface area (Å²) in [5, 5.41) is 2.69. The molecule has 0 saturated carbocycles. The second kappa shape index (κ2) is 9.67. The molecule has 0 atom stereocenters. The first-order chi connectivity index (χ1) is 14.7. The van der Waals surface area contributed by atoms with Gasteiger partial charge in [-0.1, -0.05) is 44.2 Å². The number of anilines is 1. The Hall–Kier alpha value is -2.62. The number of carbonyl (C=O) groups is 3. The summed E-state index contributed by atoms with van der Waals surface area (Å²) >= 11 is 2.10. The lowest BCUT2D eigenvalue weighted by Crippen LogP contribution is -2.49. The number of ether oxygens (including phenoxy) is 2. The van der Waals surface area contributed by atoms with Gasteiger partial charge in [-0.25, -0.2) is 9.59 Å². The number of alkyl carbamates (subject to hydrolysis) is 1. The first-order valence-corrected chi connectivity index (χ1v) is 11.0. The molecule has 0 fully saturated rings. The summed E-state index contributed by atoms with van der Waals surface area (Å²) in [4.78, 5) is 38.9. The van der Waals surface area contributed by atoms with E-state index in [9.17, 15) is 14.4 Å². The molecule has 0 saturated heterocycles. The third-order valence-corrected chi connectivity index (χ3v) is 6.03. The van der Waals surface area contributed by atoms with E-state index in [1.54, 1.807) is 11.0 Å². The largest absolute Gasteiger partial charge is 0.465 e. The molecule has 0 radical (unpaired) electrons. The molecule has 0 unspecified atom stereocenters. The van der Waals surface area contributed by atoms with E-state index in [4.69, 9.17) is 9.47 Å². The van der Waals surface area contributed by atoms with Crippen molar-refractivity contribution in [3.05, 3.63) is 62.7 Å². The van der Waals surface area contributed by atoms with Gasteiger partial charge in [0.1, 0.15) is 6.61 Å². The molecule has 1 N–H and O–H groups in total. The highest BCUT2D eigenvalue weighted by molar-refractivity contribution is 14.1. The van der Waals surface area contributed by atoms with Crippen molar-refractivity contribution < 1.29 is 23.9 Å². The molecule has 0 aromatic heterocycles. The van der Waals surface area contributed by atoms with E-state index < -0.39 is 17.5 Å². The maximum Gasteiger partial charge on any atom is 0.407 e. The molecule has 2 aromatic carbocycles. The van der Waals surface area contributed by atoms with Gasteiger partial charge in [0.05, 0.1) is 12.7 Å². The Morgan fingerprint density at radius 3 is 2.58 bits per heavy atom. The fraction of sp³-hybridized carbons (Fsp3) is 0.348. The van der Waals surface area contributed by atoms with Crippen LogP contribution in [0.15, 0.2) is 42.5 Å². The van der Waals surface area contributed by atoms with Crippen LogP contribution in [0.25, 0.3) is 0 Å². The Morgan fingerprint density at radius 2 is 1.90 bits per heavy atom. The molecular formula is C23H25IN2O5. The van der Waals surface area contributed by atoms with Gasteiger partial charge in [-0.15, -0.1) is 0 Å². The molecule has 0 spiro atoms. The summed E-state index contributed by atoms with van der Waals surface area (Å²) in [7, 11) is 1.33. The van der Waals surface area contributed by atoms with E-state index in [2.05, 4.69) is 27.9 Å². The normalized spacial score (nSPS) is 14.6. The highest BCUT2D eigenvalue weighted by Gasteiger charge is 2.39. The van der Waals surface area contributed by atoms with E-state index in [1.165, 1.54) is 7.11 Å². The smallest absolute Gasteiger partial charge is 0.407 e. The number of esters is 1. The number of hydrogen-bond donors (Lipinski definition) is 1. The second-order valence-electron chi connectivity index (χ2n) is 7.96. The predicted molar refractivity (Wildman–Crippen MR) is 125 cm³/mol. The van der Waals surface area contributed by atoms with E-state index >= 15 is 0 Å². The van der Waals surface area contributed by atoms with Crippen molar-refractivity contribution in [3.63, 3.8) is 0 Å². The van der Waals surface area contributed by atoms with Crippen LogP contribution < -0.4 is 10.2 Å². The predicted octanol–water partition coefficient (Wildman–Crippen LogP) is 3.92. The molecule has 1 heterocycles. The number of halogens is 1. The van der Waals surface area contributed by atoms with Crippen molar-refractivity contribution in [2.24, 2.45) is 5.41 Å². The third-order valence-electron chi connectivity index (χ3n) is 5.14. The molecule has 2 aromatic rings. The highest BCUT2D eigenvalue weighted by atomic mass is 127. The lowest BCUT2D eigenvalue weighted by molar-refractivity contribution is -0.127. The molecule has 2 amide bonds. The quantitative estimate of drug-likeness (QED) is 0.447. The Morgan fingerprint density at radius 1 is 1.19 bits per heavy atom. The average molecular weight is 536 g/mol. The minimum Gasteiger partial charge on any atom is -0.465 e. The first-order valence-electron chi connectivity index (χ1n) is 9.90. The summed E-state index contributed by atoms with van der Waals surface area (Å²) in [6.07, 6.45) is 0.0208. The fourth-order valence-electron chi connectivity index (χ4n) is 3.55. The van der Waals surface area contributed by atoms with Crippen LogP contribution in [0.5, 0.6) is 0 Å². The zero-order valence-electron chi connectivity index (χ0n) is 17.7. The topological polar surface area (TPSA) is 84.9 Å². The fourth-order valence-corrected chi connectivity index (χ4v) is 4.31. The van der Waals surface area contributed by atoms with Crippen molar-refractivity contribution in [2.45, 2.75) is 26.9 Å². The summed E-state index contributed by atoms with van der Waals surface area (Å²) in [5.41, 5.74) is 2.37. The lowest BCUT2D eigenvalue weighted by Gasteiger charge is -2.39. The molecular weight excluding hydrogens is 511 g/mol. The third kappa shape index (κ3) is 5.36. The number of rotatable bonds is 6. The standard InChI is InChI=1S/C23H25IN2O5/c1-23(2)13-16-11-18(24)17(20(27)30-3)12-19(16)26(21(23)28)10-9-25-22(29)31-14-15-7-5-4-6-8-15/h4-8,11-12H,9-10,13-14H2,1-3H3,(H,25,29). The van der Waals surface area contributed by atoms with Crippen molar-refractivity contribution in [1.82, 2.24) is 5.32 Å². The summed E-state index contributed by atoms with van der Waals surface area (Å²) < 4.78 is 10.9. The Labute approximate surface area is 195 Å². The van der Waals surface area contributed by atoms with Gasteiger partial charge in [-0.05, 0) is 52.3 Å². The number of carbonyl (C=O) groups excluding carboxylic acids is 3. The zero-order chi connectivity index (χ0) is 22.6. The zero-order valence-corrected chi connectivity index (χ0v) is 19.9. The average Bonchev–Trinajstić information content (AvgIpc) is 2.74. The van der Waals surface area contributed by atoms with Gasteiger partial charge in [-0.3, -0.25) is 4.79 Å². The highest BCUT2D eigenvalue weighted by Crippen LogP contribution is 2.39. The van der Waals surface area contributed by atoms with Crippen LogP contribution >= 0.6 is 22.6 Å². The van der Waals surface area contributed by atoms with Crippen LogP contribution in [0.2, 0.25) is 0 Å². The van der Waals surface area contributed by atoms with Gasteiger partial charge in [0.2, 0.25) is 5.91 Å². The Kier molecular flexibility index (Phi) is 7.19. The van der Waals surface area contributed by atoms with E-state index in [0.29, 0.717) is 17.7 Å². The Balaban J connectivity index is 1.70. The van der Waals surface area contributed by atoms with Crippen LogP contribution in [-0.4, -0.2) is 38.2 Å². The maximum atomic E-state index is 13.1. The van der Waals surface area contributed by atoms with Crippen molar-refractivity contribution in [1.29, 1.82) is 0 Å². The van der Waals surface area contributed by atoms with Gasteiger partial charge < -0.3 is 19.7 Å². The van der Waals surface area contributed by atoms with Crippen LogP contribution in [0.4, 0.5) is 10.5 Å². The summed E-state index contributed by atoms with van der Waals surface area (Å²) in [5.74, 6) is -0.511. The number of benzene rings is 2. The van der Waals surface area contributed by atoms with E-state index in [0.717, 1.165) is 14.7 Å². The van der Waals surface area contributed by atoms with Gasteiger partial charge in [0.15, 0.2) is 0 Å². The van der Waals surface area contributed by atoms with Gasteiger partial charge in [-0.2, -0.15) is 0 Å². The van der Waals surface area contributed by atoms with Crippen LogP contribution in [0, 0.1) is 8.99 Å². The molecule has 0 bridgehead atoms. The van der Waals surface area contributed by atoms with E-state index in [1.807, 2.05) is 50.2 Å². The number of nitrogens with zero attached hydrogens (tertiary/aromatic N) is 1. The van der Waals surface area contributed by atoms with Gasteiger partial charge in [0.25, 0.3) is 0 Å². The van der Waals surface area contributed by atoms with Gasteiger partial charge >= 0.3 is 12.1 Å². The Bertz CT molecular complexity index is 991. The molecule has 8 heteroatoms. The monoisotopic (exact) mass is 536 g/mol. The number of fused-ring (bicyclic) bond motifs is 1. The maximum absolute atomic E-state index is 13.1. The van der Waals surface area contributed by atoms with Crippen LogP contribution in [0.1, 0.15) is 35.3 Å². The molecule has 31 heavy (non-hydrogen) atoms. The van der Waals surface area contributed by atoms with Crippen molar-refractivity contribution >= 4 is 46.2 Å². The molecule has 1 aliphatic rings. The molecule has 0 aliphatic carbocycles. The van der Waals surface area contributed by atoms with Crippen molar-refractivity contribution in [3.8, 4) is 0 Å². The SMILES string of the molecule is COC(=O)c1cc2c(cc1I)CC(C)(C)C(=O)N2CCNC(=O)OCc1ccccc1.